The number of fused-ring (bicyclic) bond motifs is 2. The van der Waals surface area contributed by atoms with E-state index >= 15 is 0 Å². The molecule has 0 saturated heterocycles. The molecule has 3 saturated carbocycles. The lowest BCUT2D eigenvalue weighted by Crippen LogP contribution is -2.57. The van der Waals surface area contributed by atoms with Crippen molar-refractivity contribution < 1.29 is 15.0 Å². The first-order valence-electron chi connectivity index (χ1n) is 10.8. The number of nitrogens with zero attached hydrogens (tertiary/aromatic N) is 3. The largest absolute Gasteiger partial charge is 0.388 e. The lowest BCUT2D eigenvalue weighted by atomic mass is 9.59. The van der Waals surface area contributed by atoms with Crippen LogP contribution in [0.5, 0.6) is 0 Å². The summed E-state index contributed by atoms with van der Waals surface area (Å²) in [7, 11) is 0. The number of aromatic nitrogens is 3. The Balaban J connectivity index is 1.28. The second kappa shape index (κ2) is 6.51. The topological polar surface area (TPSA) is 126 Å². The van der Waals surface area contributed by atoms with E-state index in [9.17, 15) is 15.0 Å². The Bertz CT molecular complexity index is 1190. The van der Waals surface area contributed by atoms with Crippen LogP contribution in [0.2, 0.25) is 0 Å². The quantitative estimate of drug-likeness (QED) is 0.514. The number of amides is 1. The molecule has 2 heterocycles. The molecule has 160 valence electrons. The lowest BCUT2D eigenvalue weighted by molar-refractivity contribution is -0.158. The lowest BCUT2D eigenvalue weighted by Gasteiger charge is -2.50. The molecule has 6 rings (SSSR count). The number of aliphatic hydroxyl groups is 2. The van der Waals surface area contributed by atoms with Crippen LogP contribution in [-0.4, -0.2) is 42.4 Å². The van der Waals surface area contributed by atoms with Crippen LogP contribution in [0.1, 0.15) is 43.2 Å². The van der Waals surface area contributed by atoms with Gasteiger partial charge in [-0.25, -0.2) is 9.97 Å². The maximum absolute atomic E-state index is 12.1. The second-order valence-corrected chi connectivity index (χ2v) is 9.23. The minimum absolute atomic E-state index is 0.00107. The zero-order valence-electron chi connectivity index (χ0n) is 17.0. The summed E-state index contributed by atoms with van der Waals surface area (Å²) in [4.78, 5) is 20.5. The number of carbonyl (C=O) groups excluding carboxylic acids is 1. The highest BCUT2D eigenvalue weighted by atomic mass is 16.3. The molecule has 2 aromatic heterocycles. The first-order chi connectivity index (χ1) is 15.0. The zero-order valence-corrected chi connectivity index (χ0v) is 17.0. The van der Waals surface area contributed by atoms with E-state index < -0.39 is 11.7 Å². The summed E-state index contributed by atoms with van der Waals surface area (Å²) in [5.74, 6) is 0.410. The van der Waals surface area contributed by atoms with Gasteiger partial charge in [-0.3, -0.25) is 4.79 Å². The molecule has 5 N–H and O–H groups in total. The molecule has 0 bridgehead atoms. The molecular formula is C23H25N5O3. The zero-order chi connectivity index (χ0) is 21.3. The molecule has 0 spiro atoms. The summed E-state index contributed by atoms with van der Waals surface area (Å²) in [6.45, 7) is 0. The fraction of sp³-hybridized carbons (Fsp3) is 0.435. The van der Waals surface area contributed by atoms with Gasteiger partial charge in [0.2, 0.25) is 5.91 Å². The van der Waals surface area contributed by atoms with Crippen molar-refractivity contribution in [3.05, 3.63) is 48.4 Å². The van der Waals surface area contributed by atoms with E-state index in [1.807, 2.05) is 41.1 Å². The van der Waals surface area contributed by atoms with E-state index in [1.165, 1.54) is 6.33 Å². The second-order valence-electron chi connectivity index (χ2n) is 9.23. The third-order valence-electron chi connectivity index (χ3n) is 7.50. The van der Waals surface area contributed by atoms with Gasteiger partial charge in [0.1, 0.15) is 29.5 Å². The van der Waals surface area contributed by atoms with Gasteiger partial charge < -0.3 is 25.8 Å². The predicted molar refractivity (Wildman–Crippen MR) is 115 cm³/mol. The average molecular weight is 419 g/mol. The van der Waals surface area contributed by atoms with Gasteiger partial charge in [-0.15, -0.1) is 0 Å². The number of nitrogen functional groups attached to an aromatic ring is 1. The Kier molecular flexibility index (Phi) is 3.94. The van der Waals surface area contributed by atoms with Crippen molar-refractivity contribution in [2.75, 3.05) is 11.1 Å². The SMILES string of the molecule is Nc1ncnc2c1ccn2[C@@H]1C[C@@H]2CC(c3cccc(NC(=O)C4CC4)c3)[C@]2(O)[C@H]1O. The fourth-order valence-electron chi connectivity index (χ4n) is 5.60. The van der Waals surface area contributed by atoms with E-state index in [4.69, 9.17) is 5.73 Å². The van der Waals surface area contributed by atoms with Gasteiger partial charge in [-0.1, -0.05) is 12.1 Å². The molecule has 8 nitrogen and oxygen atoms in total. The summed E-state index contributed by atoms with van der Waals surface area (Å²) < 4.78 is 1.91. The standard InChI is InChI=1S/C23H25N5O3/c24-20-16-6-7-28(21(16)26-11-25-20)18-10-14-9-17(23(14,31)19(18)29)13-2-1-3-15(8-13)27-22(30)12-4-5-12/h1-3,6-8,11-12,14,17-19,29,31H,4-5,9-10H2,(H,27,30)(H2,24,25,26)/t14-,17?,18+,19-,23-/m0/s1. The predicted octanol–water partition coefficient (Wildman–Crippen LogP) is 2.20. The van der Waals surface area contributed by atoms with Crippen LogP contribution in [0, 0.1) is 11.8 Å². The number of nitrogens with two attached hydrogens (primary N) is 1. The van der Waals surface area contributed by atoms with Crippen LogP contribution in [0.15, 0.2) is 42.9 Å². The van der Waals surface area contributed by atoms with Crippen molar-refractivity contribution in [1.82, 2.24) is 14.5 Å². The van der Waals surface area contributed by atoms with Gasteiger partial charge >= 0.3 is 0 Å². The third-order valence-corrected chi connectivity index (χ3v) is 7.50. The van der Waals surface area contributed by atoms with E-state index in [0.29, 0.717) is 17.9 Å². The molecular weight excluding hydrogens is 394 g/mol. The van der Waals surface area contributed by atoms with Crippen molar-refractivity contribution >= 4 is 28.4 Å². The number of rotatable bonds is 4. The summed E-state index contributed by atoms with van der Waals surface area (Å²) in [5.41, 5.74) is 7.10. The summed E-state index contributed by atoms with van der Waals surface area (Å²) in [5, 5.41) is 26.6. The normalized spacial score (nSPS) is 31.9. The maximum atomic E-state index is 12.1. The van der Waals surface area contributed by atoms with E-state index in [2.05, 4.69) is 15.3 Å². The van der Waals surface area contributed by atoms with Crippen molar-refractivity contribution in [2.24, 2.45) is 11.8 Å². The molecule has 31 heavy (non-hydrogen) atoms. The Hall–Kier alpha value is -2.97. The Morgan fingerprint density at radius 3 is 2.87 bits per heavy atom. The van der Waals surface area contributed by atoms with E-state index in [1.54, 1.807) is 0 Å². The number of aliphatic hydroxyl groups excluding tert-OH is 1. The Labute approximate surface area is 179 Å². The fourth-order valence-corrected chi connectivity index (χ4v) is 5.60. The van der Waals surface area contributed by atoms with Gasteiger partial charge in [0.05, 0.1) is 11.4 Å². The number of hydrogen-bond acceptors (Lipinski definition) is 6. The molecule has 3 aliphatic rings. The van der Waals surface area contributed by atoms with E-state index in [-0.39, 0.29) is 29.7 Å². The summed E-state index contributed by atoms with van der Waals surface area (Å²) in [6.07, 6.45) is 5.71. The van der Waals surface area contributed by atoms with Crippen LogP contribution >= 0.6 is 0 Å². The average Bonchev–Trinajstić information content (AvgIpc) is 3.49. The first-order valence-corrected chi connectivity index (χ1v) is 10.8. The third kappa shape index (κ3) is 2.71. The highest BCUT2D eigenvalue weighted by Gasteiger charge is 2.65. The molecule has 8 heteroatoms. The van der Waals surface area contributed by atoms with Gasteiger partial charge in [-0.2, -0.15) is 0 Å². The Morgan fingerprint density at radius 1 is 1.23 bits per heavy atom. The van der Waals surface area contributed by atoms with Gasteiger partial charge in [-0.05, 0) is 55.4 Å². The van der Waals surface area contributed by atoms with Crippen LogP contribution < -0.4 is 11.1 Å². The van der Waals surface area contributed by atoms with Crippen molar-refractivity contribution in [3.8, 4) is 0 Å². The number of hydrogen-bond donors (Lipinski definition) is 4. The highest BCUT2D eigenvalue weighted by molar-refractivity contribution is 5.94. The minimum Gasteiger partial charge on any atom is -0.388 e. The van der Waals surface area contributed by atoms with Crippen LogP contribution in [-0.2, 0) is 4.79 Å². The van der Waals surface area contributed by atoms with Crippen molar-refractivity contribution in [3.63, 3.8) is 0 Å². The highest BCUT2D eigenvalue weighted by Crippen LogP contribution is 2.62. The molecule has 1 unspecified atom stereocenters. The molecule has 0 radical (unpaired) electrons. The summed E-state index contributed by atoms with van der Waals surface area (Å²) in [6, 6.07) is 9.22. The molecule has 3 aliphatic carbocycles. The number of benzene rings is 1. The summed E-state index contributed by atoms with van der Waals surface area (Å²) >= 11 is 0. The number of anilines is 2. The molecule has 3 fully saturated rings. The Morgan fingerprint density at radius 2 is 2.06 bits per heavy atom. The molecule has 5 atom stereocenters. The maximum Gasteiger partial charge on any atom is 0.227 e. The van der Waals surface area contributed by atoms with Crippen molar-refractivity contribution in [1.29, 1.82) is 0 Å². The van der Waals surface area contributed by atoms with Gasteiger partial charge in [0.25, 0.3) is 0 Å². The van der Waals surface area contributed by atoms with Crippen molar-refractivity contribution in [2.45, 2.75) is 49.3 Å². The molecule has 3 aromatic rings. The number of carbonyl (C=O) groups is 1. The van der Waals surface area contributed by atoms with Gasteiger partial charge in [0.15, 0.2) is 0 Å². The molecule has 1 amide bonds. The molecule has 1 aromatic carbocycles. The minimum atomic E-state index is -1.21. The number of nitrogens with one attached hydrogen (secondary N) is 1. The van der Waals surface area contributed by atoms with Crippen LogP contribution in [0.3, 0.4) is 0 Å². The van der Waals surface area contributed by atoms with Crippen LogP contribution in [0.4, 0.5) is 11.5 Å². The first kappa shape index (κ1) is 18.8. The molecule has 0 aliphatic heterocycles. The van der Waals surface area contributed by atoms with Crippen LogP contribution in [0.25, 0.3) is 11.0 Å². The van der Waals surface area contributed by atoms with E-state index in [0.717, 1.165) is 35.9 Å². The van der Waals surface area contributed by atoms with Gasteiger partial charge in [0, 0.05) is 23.7 Å². The monoisotopic (exact) mass is 419 g/mol. The smallest absolute Gasteiger partial charge is 0.227 e.